The first kappa shape index (κ1) is 15.7. The van der Waals surface area contributed by atoms with Gasteiger partial charge < -0.3 is 10.6 Å². The number of hydrogen-bond acceptors (Lipinski definition) is 2. The number of carbonyl (C=O) groups is 1. The van der Waals surface area contributed by atoms with E-state index in [1.165, 1.54) is 5.56 Å². The Hall–Kier alpha value is -1.35. The van der Waals surface area contributed by atoms with Gasteiger partial charge in [0.2, 0.25) is 5.91 Å². The number of benzene rings is 1. The van der Waals surface area contributed by atoms with E-state index in [2.05, 4.69) is 44.4 Å². The van der Waals surface area contributed by atoms with Crippen molar-refractivity contribution in [1.29, 1.82) is 0 Å². The molecule has 19 heavy (non-hydrogen) atoms. The molecule has 1 aromatic rings. The van der Waals surface area contributed by atoms with Crippen molar-refractivity contribution >= 4 is 11.6 Å². The maximum atomic E-state index is 11.9. The quantitative estimate of drug-likeness (QED) is 0.740. The first-order valence-electron chi connectivity index (χ1n) is 7.10. The second-order valence-corrected chi connectivity index (χ2v) is 5.65. The fraction of sp³-hybridized carbons (Fsp3) is 0.562. The molecule has 2 N–H and O–H groups in total. The van der Waals surface area contributed by atoms with E-state index in [0.717, 1.165) is 18.7 Å². The minimum atomic E-state index is 0.0249. The minimum Gasteiger partial charge on any atom is -0.325 e. The summed E-state index contributed by atoms with van der Waals surface area (Å²) in [6.45, 7) is 9.88. The highest BCUT2D eigenvalue weighted by Gasteiger charge is 2.08. The Balaban J connectivity index is 2.44. The maximum Gasteiger partial charge on any atom is 0.238 e. The molecule has 3 nitrogen and oxygen atoms in total. The Kier molecular flexibility index (Phi) is 6.57. The van der Waals surface area contributed by atoms with E-state index in [0.29, 0.717) is 18.4 Å². The highest BCUT2D eigenvalue weighted by Crippen LogP contribution is 2.23. The third-order valence-electron chi connectivity index (χ3n) is 3.04. The van der Waals surface area contributed by atoms with Crippen LogP contribution in [0.4, 0.5) is 5.69 Å². The van der Waals surface area contributed by atoms with Crippen molar-refractivity contribution in [2.45, 2.75) is 40.0 Å². The van der Waals surface area contributed by atoms with Crippen molar-refractivity contribution in [3.05, 3.63) is 29.8 Å². The smallest absolute Gasteiger partial charge is 0.238 e. The molecule has 1 rings (SSSR count). The Bertz CT molecular complexity index is 399. The van der Waals surface area contributed by atoms with Gasteiger partial charge in [-0.05, 0) is 36.4 Å². The van der Waals surface area contributed by atoms with Crippen molar-refractivity contribution in [2.75, 3.05) is 18.4 Å². The summed E-state index contributed by atoms with van der Waals surface area (Å²) in [5, 5.41) is 6.15. The fourth-order valence-electron chi connectivity index (χ4n) is 1.90. The highest BCUT2D eigenvalue weighted by molar-refractivity contribution is 5.93. The molecule has 0 atom stereocenters. The summed E-state index contributed by atoms with van der Waals surface area (Å²) in [7, 11) is 0. The number of hydrogen-bond donors (Lipinski definition) is 2. The second-order valence-electron chi connectivity index (χ2n) is 5.65. The summed E-state index contributed by atoms with van der Waals surface area (Å²) in [6.07, 6.45) is 1.09. The van der Waals surface area contributed by atoms with Crippen molar-refractivity contribution in [3.63, 3.8) is 0 Å². The zero-order valence-corrected chi connectivity index (χ0v) is 12.5. The van der Waals surface area contributed by atoms with Crippen molar-refractivity contribution in [3.8, 4) is 0 Å². The molecular formula is C16H26N2O. The molecule has 106 valence electrons. The van der Waals surface area contributed by atoms with Crippen LogP contribution in [0.25, 0.3) is 0 Å². The normalized spacial score (nSPS) is 11.1. The zero-order valence-electron chi connectivity index (χ0n) is 12.5. The van der Waals surface area contributed by atoms with E-state index in [1.807, 2.05) is 18.2 Å². The van der Waals surface area contributed by atoms with Crippen LogP contribution in [0.1, 0.15) is 45.6 Å². The molecule has 0 aliphatic carbocycles. The van der Waals surface area contributed by atoms with Crippen LogP contribution in [0.15, 0.2) is 24.3 Å². The summed E-state index contributed by atoms with van der Waals surface area (Å²) in [4.78, 5) is 11.9. The van der Waals surface area contributed by atoms with Gasteiger partial charge in [-0.25, -0.2) is 0 Å². The maximum absolute atomic E-state index is 11.9. The lowest BCUT2D eigenvalue weighted by molar-refractivity contribution is -0.115. The Morgan fingerprint density at radius 1 is 1.16 bits per heavy atom. The summed E-state index contributed by atoms with van der Waals surface area (Å²) in [6, 6.07) is 7.98. The summed E-state index contributed by atoms with van der Waals surface area (Å²) in [5.74, 6) is 1.10. The van der Waals surface area contributed by atoms with E-state index in [-0.39, 0.29) is 5.91 Å². The molecule has 1 amide bonds. The number of anilines is 1. The monoisotopic (exact) mass is 262 g/mol. The van der Waals surface area contributed by atoms with Crippen LogP contribution in [0.2, 0.25) is 0 Å². The lowest BCUT2D eigenvalue weighted by atomic mass is 10.0. The van der Waals surface area contributed by atoms with Crippen LogP contribution in [0.5, 0.6) is 0 Å². The molecule has 0 aliphatic heterocycles. The first-order chi connectivity index (χ1) is 9.00. The van der Waals surface area contributed by atoms with Crippen molar-refractivity contribution in [2.24, 2.45) is 5.92 Å². The second kappa shape index (κ2) is 7.95. The average molecular weight is 262 g/mol. The number of carbonyl (C=O) groups excluding carboxylic acids is 1. The number of para-hydroxylation sites is 1. The van der Waals surface area contributed by atoms with Gasteiger partial charge in [0.15, 0.2) is 0 Å². The van der Waals surface area contributed by atoms with Crippen LogP contribution in [-0.2, 0) is 4.79 Å². The molecule has 0 heterocycles. The zero-order chi connectivity index (χ0) is 14.3. The van der Waals surface area contributed by atoms with Crippen LogP contribution in [-0.4, -0.2) is 19.0 Å². The summed E-state index contributed by atoms with van der Waals surface area (Å²) < 4.78 is 0. The minimum absolute atomic E-state index is 0.0249. The van der Waals surface area contributed by atoms with Gasteiger partial charge in [-0.15, -0.1) is 0 Å². The Morgan fingerprint density at radius 3 is 2.47 bits per heavy atom. The van der Waals surface area contributed by atoms with Gasteiger partial charge in [-0.2, -0.15) is 0 Å². The van der Waals surface area contributed by atoms with Gasteiger partial charge in [0.05, 0.1) is 6.54 Å². The Labute approximate surface area is 116 Å². The summed E-state index contributed by atoms with van der Waals surface area (Å²) >= 11 is 0. The molecule has 0 aliphatic rings. The molecular weight excluding hydrogens is 236 g/mol. The van der Waals surface area contributed by atoms with E-state index in [1.54, 1.807) is 0 Å². The van der Waals surface area contributed by atoms with E-state index < -0.39 is 0 Å². The van der Waals surface area contributed by atoms with Crippen LogP contribution >= 0.6 is 0 Å². The van der Waals surface area contributed by atoms with Gasteiger partial charge in [-0.3, -0.25) is 4.79 Å². The summed E-state index contributed by atoms with van der Waals surface area (Å²) in [5.41, 5.74) is 2.10. The first-order valence-corrected chi connectivity index (χ1v) is 7.10. The topological polar surface area (TPSA) is 41.1 Å². The molecule has 0 saturated carbocycles. The molecule has 3 heteroatoms. The van der Waals surface area contributed by atoms with Crippen molar-refractivity contribution < 1.29 is 4.79 Å². The van der Waals surface area contributed by atoms with E-state index >= 15 is 0 Å². The molecule has 0 saturated heterocycles. The molecule has 0 unspecified atom stereocenters. The van der Waals surface area contributed by atoms with Gasteiger partial charge in [0, 0.05) is 5.69 Å². The SMILES string of the molecule is CC(C)CCNCC(=O)Nc1ccccc1C(C)C. The lowest BCUT2D eigenvalue weighted by Gasteiger charge is -2.14. The molecule has 0 radical (unpaired) electrons. The van der Waals surface area contributed by atoms with Crippen LogP contribution in [0.3, 0.4) is 0 Å². The van der Waals surface area contributed by atoms with Crippen molar-refractivity contribution in [1.82, 2.24) is 5.32 Å². The molecule has 0 bridgehead atoms. The number of nitrogens with one attached hydrogen (secondary N) is 2. The third-order valence-corrected chi connectivity index (χ3v) is 3.04. The van der Waals surface area contributed by atoms with Crippen LogP contribution in [0, 0.1) is 5.92 Å². The Morgan fingerprint density at radius 2 is 1.84 bits per heavy atom. The van der Waals surface area contributed by atoms with E-state index in [9.17, 15) is 4.79 Å². The number of rotatable bonds is 7. The molecule has 1 aromatic carbocycles. The lowest BCUT2D eigenvalue weighted by Crippen LogP contribution is -2.29. The highest BCUT2D eigenvalue weighted by atomic mass is 16.1. The van der Waals surface area contributed by atoms with Gasteiger partial charge >= 0.3 is 0 Å². The molecule has 0 spiro atoms. The third kappa shape index (κ3) is 5.88. The average Bonchev–Trinajstić information content (AvgIpc) is 2.35. The number of amides is 1. The fourth-order valence-corrected chi connectivity index (χ4v) is 1.90. The predicted octanol–water partition coefficient (Wildman–Crippen LogP) is 3.38. The van der Waals surface area contributed by atoms with E-state index in [4.69, 9.17) is 0 Å². The predicted molar refractivity (Wildman–Crippen MR) is 81.5 cm³/mol. The standard InChI is InChI=1S/C16H26N2O/c1-12(2)9-10-17-11-16(19)18-15-8-6-5-7-14(15)13(3)4/h5-8,12-13,17H,9-11H2,1-4H3,(H,18,19). The molecule has 0 fully saturated rings. The van der Waals surface area contributed by atoms with Gasteiger partial charge in [0.1, 0.15) is 0 Å². The van der Waals surface area contributed by atoms with Crippen LogP contribution < -0.4 is 10.6 Å². The molecule has 0 aromatic heterocycles. The van der Waals surface area contributed by atoms with Gasteiger partial charge in [-0.1, -0.05) is 45.9 Å². The largest absolute Gasteiger partial charge is 0.325 e. The van der Waals surface area contributed by atoms with Gasteiger partial charge in [0.25, 0.3) is 0 Å².